The van der Waals surface area contributed by atoms with Crippen molar-refractivity contribution in [3.63, 3.8) is 0 Å². The van der Waals surface area contributed by atoms with Crippen LogP contribution in [-0.4, -0.2) is 31.4 Å². The molecular formula is C26H29N5O5S. The number of nitrogens with two attached hydrogens (primary N) is 1. The Kier molecular flexibility index (Phi) is 8.18. The van der Waals surface area contributed by atoms with Gasteiger partial charge in [-0.15, -0.1) is 0 Å². The maximum atomic E-state index is 13.1. The molecule has 0 aliphatic heterocycles. The summed E-state index contributed by atoms with van der Waals surface area (Å²) in [6, 6.07) is 14.8. The van der Waals surface area contributed by atoms with E-state index in [2.05, 4.69) is 15.4 Å². The van der Waals surface area contributed by atoms with Crippen LogP contribution in [0.15, 0.2) is 65.6 Å². The highest BCUT2D eigenvalue weighted by Crippen LogP contribution is 2.25. The molecule has 3 aromatic carbocycles. The third kappa shape index (κ3) is 7.07. The molecule has 37 heavy (non-hydrogen) atoms. The van der Waals surface area contributed by atoms with Gasteiger partial charge in [-0.1, -0.05) is 35.9 Å². The van der Waals surface area contributed by atoms with Crippen LogP contribution in [0.25, 0.3) is 0 Å². The number of aliphatic carboxylic acids is 1. The SMILES string of the molecule is Cc1cc(C)c(C(=O)NC(CC(=O)O)c2cccc(NS(=O)(=O)c3cccc(NC(=N)N)c3)c2)c(C)c1. The molecule has 0 aliphatic rings. The molecule has 0 aliphatic carbocycles. The molecule has 1 amide bonds. The molecule has 0 heterocycles. The molecule has 194 valence electrons. The number of rotatable bonds is 9. The fraction of sp³-hybridized carbons (Fsp3) is 0.192. The Balaban J connectivity index is 1.89. The summed E-state index contributed by atoms with van der Waals surface area (Å²) in [6.07, 6.45) is -0.398. The van der Waals surface area contributed by atoms with Crippen molar-refractivity contribution >= 4 is 39.2 Å². The van der Waals surface area contributed by atoms with E-state index in [0.29, 0.717) is 16.8 Å². The molecule has 1 atom stereocenters. The van der Waals surface area contributed by atoms with Gasteiger partial charge in [0.05, 0.1) is 17.4 Å². The van der Waals surface area contributed by atoms with Gasteiger partial charge in [0, 0.05) is 16.9 Å². The normalized spacial score (nSPS) is 11.9. The van der Waals surface area contributed by atoms with Crippen LogP contribution in [0.3, 0.4) is 0 Å². The zero-order chi connectivity index (χ0) is 27.3. The van der Waals surface area contributed by atoms with Gasteiger partial charge in [0.2, 0.25) is 0 Å². The van der Waals surface area contributed by atoms with Gasteiger partial charge in [-0.05, 0) is 67.8 Å². The van der Waals surface area contributed by atoms with Crippen molar-refractivity contribution in [2.24, 2.45) is 5.73 Å². The van der Waals surface area contributed by atoms with Crippen molar-refractivity contribution in [2.75, 3.05) is 10.0 Å². The van der Waals surface area contributed by atoms with E-state index in [1.807, 2.05) is 32.9 Å². The summed E-state index contributed by atoms with van der Waals surface area (Å²) in [5, 5.41) is 22.1. The predicted molar refractivity (Wildman–Crippen MR) is 142 cm³/mol. The molecule has 7 N–H and O–H groups in total. The standard InChI is InChI=1S/C26H29N5O5S/c1-15-10-16(2)24(17(3)11-15)25(34)30-22(14-23(32)33)18-6-4-8-20(12-18)31-37(35,36)21-9-5-7-19(13-21)29-26(27)28/h4-13,22,31H,14H2,1-3H3,(H,30,34)(H,32,33)(H4,27,28,29). The van der Waals surface area contributed by atoms with Crippen LogP contribution in [0.1, 0.15) is 45.1 Å². The third-order valence-electron chi connectivity index (χ3n) is 5.55. The number of anilines is 2. The lowest BCUT2D eigenvalue weighted by Gasteiger charge is -2.20. The van der Waals surface area contributed by atoms with Crippen molar-refractivity contribution in [3.05, 3.63) is 88.5 Å². The first kappa shape index (κ1) is 27.2. The number of carbonyl (C=O) groups excluding carboxylic acids is 1. The van der Waals surface area contributed by atoms with E-state index in [-0.39, 0.29) is 16.5 Å². The van der Waals surface area contributed by atoms with Crippen LogP contribution in [0.2, 0.25) is 0 Å². The first-order valence-electron chi connectivity index (χ1n) is 11.3. The summed E-state index contributed by atoms with van der Waals surface area (Å²) < 4.78 is 28.4. The van der Waals surface area contributed by atoms with E-state index < -0.39 is 34.4 Å². The number of carboxylic acid groups (broad SMARTS) is 1. The molecule has 0 spiro atoms. The van der Waals surface area contributed by atoms with E-state index >= 15 is 0 Å². The van der Waals surface area contributed by atoms with Crippen molar-refractivity contribution in [1.29, 1.82) is 5.41 Å². The largest absolute Gasteiger partial charge is 0.481 e. The van der Waals surface area contributed by atoms with E-state index in [9.17, 15) is 23.1 Å². The molecule has 0 fully saturated rings. The lowest BCUT2D eigenvalue weighted by Crippen LogP contribution is -2.31. The van der Waals surface area contributed by atoms with Gasteiger partial charge in [0.25, 0.3) is 15.9 Å². The van der Waals surface area contributed by atoms with Gasteiger partial charge in [0.1, 0.15) is 0 Å². The highest BCUT2D eigenvalue weighted by Gasteiger charge is 2.22. The molecule has 0 aromatic heterocycles. The second kappa shape index (κ2) is 11.1. The summed E-state index contributed by atoms with van der Waals surface area (Å²) in [5.74, 6) is -1.87. The molecule has 0 saturated heterocycles. The van der Waals surface area contributed by atoms with Crippen LogP contribution in [0, 0.1) is 26.2 Å². The number of hydrogen-bond acceptors (Lipinski definition) is 5. The first-order chi connectivity index (χ1) is 17.4. The highest BCUT2D eigenvalue weighted by molar-refractivity contribution is 7.92. The van der Waals surface area contributed by atoms with Gasteiger partial charge in [-0.3, -0.25) is 19.7 Å². The van der Waals surface area contributed by atoms with Gasteiger partial charge >= 0.3 is 5.97 Å². The van der Waals surface area contributed by atoms with Crippen molar-refractivity contribution < 1.29 is 23.1 Å². The minimum absolute atomic E-state index is 0.0649. The first-order valence-corrected chi connectivity index (χ1v) is 12.8. The molecule has 10 nitrogen and oxygen atoms in total. The number of sulfonamides is 1. The van der Waals surface area contributed by atoms with E-state index in [1.165, 1.54) is 30.3 Å². The number of carbonyl (C=O) groups is 2. The van der Waals surface area contributed by atoms with Crippen molar-refractivity contribution in [2.45, 2.75) is 38.1 Å². The molecular weight excluding hydrogens is 494 g/mol. The Bertz CT molecular complexity index is 1450. The number of nitrogens with one attached hydrogen (secondary N) is 4. The molecule has 0 radical (unpaired) electrons. The average molecular weight is 524 g/mol. The lowest BCUT2D eigenvalue weighted by atomic mass is 9.97. The number of guanidine groups is 1. The number of carboxylic acids is 1. The Labute approximate surface area is 215 Å². The predicted octanol–water partition coefficient (Wildman–Crippen LogP) is 3.66. The average Bonchev–Trinajstić information content (AvgIpc) is 2.77. The van der Waals surface area contributed by atoms with E-state index in [0.717, 1.165) is 16.7 Å². The molecule has 3 rings (SSSR count). The van der Waals surface area contributed by atoms with Crippen LogP contribution in [-0.2, 0) is 14.8 Å². The molecule has 11 heteroatoms. The minimum atomic E-state index is -4.02. The monoisotopic (exact) mass is 523 g/mol. The second-order valence-corrected chi connectivity index (χ2v) is 10.4. The van der Waals surface area contributed by atoms with Gasteiger partial charge < -0.3 is 21.5 Å². The van der Waals surface area contributed by atoms with Gasteiger partial charge in [-0.25, -0.2) is 8.42 Å². The van der Waals surface area contributed by atoms with Crippen LogP contribution in [0.5, 0.6) is 0 Å². The fourth-order valence-electron chi connectivity index (χ4n) is 4.12. The summed E-state index contributed by atoms with van der Waals surface area (Å²) in [7, 11) is -4.02. The lowest BCUT2D eigenvalue weighted by molar-refractivity contribution is -0.137. The zero-order valence-electron chi connectivity index (χ0n) is 20.6. The summed E-state index contributed by atoms with van der Waals surface area (Å²) in [4.78, 5) is 24.7. The topological polar surface area (TPSA) is 174 Å². The number of benzene rings is 3. The van der Waals surface area contributed by atoms with E-state index in [1.54, 1.807) is 18.2 Å². The Morgan fingerprint density at radius 1 is 0.973 bits per heavy atom. The molecule has 3 aromatic rings. The summed E-state index contributed by atoms with van der Waals surface area (Å²) in [5.41, 5.74) is 9.28. The third-order valence-corrected chi connectivity index (χ3v) is 6.93. The minimum Gasteiger partial charge on any atom is -0.481 e. The zero-order valence-corrected chi connectivity index (χ0v) is 21.4. The maximum absolute atomic E-state index is 13.1. The maximum Gasteiger partial charge on any atom is 0.305 e. The highest BCUT2D eigenvalue weighted by atomic mass is 32.2. The Hall–Kier alpha value is -4.38. The number of aryl methyl sites for hydroxylation is 3. The van der Waals surface area contributed by atoms with Crippen LogP contribution in [0.4, 0.5) is 11.4 Å². The smallest absolute Gasteiger partial charge is 0.305 e. The summed E-state index contributed by atoms with van der Waals surface area (Å²) in [6.45, 7) is 5.56. The van der Waals surface area contributed by atoms with Crippen LogP contribution < -0.4 is 21.1 Å². The molecule has 1 unspecified atom stereocenters. The van der Waals surface area contributed by atoms with Crippen molar-refractivity contribution in [3.8, 4) is 0 Å². The fourth-order valence-corrected chi connectivity index (χ4v) is 5.22. The van der Waals surface area contributed by atoms with Crippen LogP contribution >= 0.6 is 0 Å². The quantitative estimate of drug-likeness (QED) is 0.183. The Morgan fingerprint density at radius 3 is 2.22 bits per heavy atom. The molecule has 0 bridgehead atoms. The number of amides is 1. The Morgan fingerprint density at radius 2 is 1.59 bits per heavy atom. The second-order valence-electron chi connectivity index (χ2n) is 8.70. The van der Waals surface area contributed by atoms with Crippen molar-refractivity contribution in [1.82, 2.24) is 5.32 Å². The van der Waals surface area contributed by atoms with Gasteiger partial charge in [-0.2, -0.15) is 0 Å². The van der Waals surface area contributed by atoms with E-state index in [4.69, 9.17) is 11.1 Å². The molecule has 0 saturated carbocycles. The number of hydrogen-bond donors (Lipinski definition) is 6. The van der Waals surface area contributed by atoms with Gasteiger partial charge in [0.15, 0.2) is 5.96 Å². The summed E-state index contributed by atoms with van der Waals surface area (Å²) >= 11 is 0.